The Morgan fingerprint density at radius 3 is 2.35 bits per heavy atom. The second kappa shape index (κ2) is 5.18. The fraction of sp³-hybridized carbons (Fsp3) is 0.250. The minimum absolute atomic E-state index is 0.0889. The van der Waals surface area contributed by atoms with E-state index in [4.69, 9.17) is 11.6 Å². The van der Waals surface area contributed by atoms with Gasteiger partial charge in [0, 0.05) is 19.2 Å². The molecule has 9 heteroatoms. The fourth-order valence-corrected chi connectivity index (χ4v) is 1.27. The summed E-state index contributed by atoms with van der Waals surface area (Å²) < 4.78 is 0. The predicted molar refractivity (Wildman–Crippen MR) is 60.3 cm³/mol. The van der Waals surface area contributed by atoms with Gasteiger partial charge in [0.1, 0.15) is 5.69 Å². The van der Waals surface area contributed by atoms with Gasteiger partial charge in [-0.25, -0.2) is 5.84 Å². The molecule has 1 aromatic rings. The molecule has 1 rings (SSSR count). The smallest absolute Gasteiger partial charge is 0.300 e. The van der Waals surface area contributed by atoms with Gasteiger partial charge in [-0.15, -0.1) is 0 Å². The largest absolute Gasteiger partial charge is 0.329 e. The molecule has 0 aliphatic heterocycles. The van der Waals surface area contributed by atoms with Gasteiger partial charge in [-0.1, -0.05) is 0 Å². The van der Waals surface area contributed by atoms with Crippen LogP contribution in [0.15, 0.2) is 18.2 Å². The minimum atomic E-state index is -0.724. The summed E-state index contributed by atoms with van der Waals surface area (Å²) in [5.74, 6) is 5.55. The molecule has 0 fully saturated rings. The van der Waals surface area contributed by atoms with Crippen LogP contribution in [0.5, 0.6) is 0 Å². The second-order valence-corrected chi connectivity index (χ2v) is 3.17. The molecule has 0 spiro atoms. The molecule has 0 aliphatic carbocycles. The summed E-state index contributed by atoms with van der Waals surface area (Å²) in [6.07, 6.45) is 0. The highest BCUT2D eigenvalue weighted by Crippen LogP contribution is 2.30. The average molecular weight is 241 g/mol. The monoisotopic (exact) mass is 241 g/mol. The lowest BCUT2D eigenvalue weighted by atomic mass is 10.2. The highest BCUT2D eigenvalue weighted by molar-refractivity contribution is 5.66. The maximum absolute atomic E-state index is 10.8. The zero-order valence-corrected chi connectivity index (χ0v) is 8.78. The number of non-ortho nitro benzene ring substituents is 1. The maximum Gasteiger partial charge on any atom is 0.300 e. The van der Waals surface area contributed by atoms with Crippen LogP contribution >= 0.6 is 0 Å². The van der Waals surface area contributed by atoms with Crippen molar-refractivity contribution < 1.29 is 9.85 Å². The molecule has 0 bridgehead atoms. The van der Waals surface area contributed by atoms with Gasteiger partial charge in [-0.05, 0) is 6.07 Å². The first-order valence-electron chi connectivity index (χ1n) is 4.62. The lowest BCUT2D eigenvalue weighted by Crippen LogP contribution is -2.36. The molecule has 0 saturated carbocycles. The van der Waals surface area contributed by atoms with E-state index >= 15 is 0 Å². The fourth-order valence-electron chi connectivity index (χ4n) is 1.27. The van der Waals surface area contributed by atoms with E-state index in [2.05, 4.69) is 0 Å². The molecule has 0 saturated heterocycles. The van der Waals surface area contributed by atoms with Crippen LogP contribution in [0.25, 0.3) is 0 Å². The summed E-state index contributed by atoms with van der Waals surface area (Å²) in [5.41, 5.74) is 4.58. The summed E-state index contributed by atoms with van der Waals surface area (Å²) in [6.45, 7) is 0.420. The zero-order valence-electron chi connectivity index (χ0n) is 8.78. The van der Waals surface area contributed by atoms with Crippen molar-refractivity contribution in [2.45, 2.75) is 0 Å². The van der Waals surface area contributed by atoms with Crippen LogP contribution in [-0.2, 0) is 0 Å². The summed E-state index contributed by atoms with van der Waals surface area (Å²) in [5, 5.41) is 22.4. The topological polar surface area (TPSA) is 142 Å². The Bertz CT molecular complexity index is 450. The molecule has 4 N–H and O–H groups in total. The van der Waals surface area contributed by atoms with E-state index in [9.17, 15) is 20.2 Å². The first kappa shape index (κ1) is 12.8. The Kier molecular flexibility index (Phi) is 3.91. The Balaban J connectivity index is 3.22. The molecule has 0 atom stereocenters. The molecule has 1 aromatic carbocycles. The molecule has 92 valence electrons. The van der Waals surface area contributed by atoms with Crippen LogP contribution < -0.4 is 16.6 Å². The van der Waals surface area contributed by atoms with Gasteiger partial charge in [-0.2, -0.15) is 0 Å². The summed E-state index contributed by atoms with van der Waals surface area (Å²) >= 11 is 0. The molecule has 9 nitrogen and oxygen atoms in total. The van der Waals surface area contributed by atoms with Gasteiger partial charge in [0.25, 0.3) is 5.69 Å². The standard InChI is InChI=1S/C8H11N5O4/c9-3-4-11(10)7-2-1-6(12(14)15)5-8(7)13(16)17/h1-2,5H,3-4,9-10H2. The molecule has 17 heavy (non-hydrogen) atoms. The minimum Gasteiger partial charge on any atom is -0.329 e. The summed E-state index contributed by atoms with van der Waals surface area (Å²) in [6, 6.07) is 3.25. The van der Waals surface area contributed by atoms with Crippen LogP contribution in [0.3, 0.4) is 0 Å². The molecule has 0 aromatic heterocycles. The Morgan fingerprint density at radius 1 is 1.24 bits per heavy atom. The van der Waals surface area contributed by atoms with E-state index in [1.807, 2.05) is 0 Å². The summed E-state index contributed by atoms with van der Waals surface area (Å²) in [4.78, 5) is 19.8. The number of nitrogens with zero attached hydrogens (tertiary/aromatic N) is 3. The van der Waals surface area contributed by atoms with Gasteiger partial charge < -0.3 is 10.7 Å². The average Bonchev–Trinajstić information content (AvgIpc) is 2.28. The van der Waals surface area contributed by atoms with Crippen molar-refractivity contribution in [3.63, 3.8) is 0 Å². The normalized spacial score (nSPS) is 10.0. The number of nitro groups is 2. The van der Waals surface area contributed by atoms with Crippen LogP contribution in [-0.4, -0.2) is 22.9 Å². The van der Waals surface area contributed by atoms with E-state index in [1.165, 1.54) is 6.07 Å². The third kappa shape index (κ3) is 2.86. The molecule has 0 radical (unpaired) electrons. The molecule has 0 amide bonds. The van der Waals surface area contributed by atoms with Crippen molar-refractivity contribution in [3.05, 3.63) is 38.4 Å². The first-order valence-corrected chi connectivity index (χ1v) is 4.62. The molecular formula is C8H11N5O4. The number of anilines is 1. The number of rotatable bonds is 5. The lowest BCUT2D eigenvalue weighted by molar-refractivity contribution is -0.393. The van der Waals surface area contributed by atoms with Gasteiger partial charge in [0.05, 0.1) is 15.9 Å². The Morgan fingerprint density at radius 2 is 1.88 bits per heavy atom. The van der Waals surface area contributed by atoms with E-state index < -0.39 is 15.5 Å². The Labute approximate surface area is 95.9 Å². The number of nitrogens with two attached hydrogens (primary N) is 2. The van der Waals surface area contributed by atoms with Crippen LogP contribution in [0.2, 0.25) is 0 Å². The van der Waals surface area contributed by atoms with Gasteiger partial charge in [0.15, 0.2) is 0 Å². The van der Waals surface area contributed by atoms with Gasteiger partial charge in [0.2, 0.25) is 0 Å². The molecule has 0 aliphatic rings. The highest BCUT2D eigenvalue weighted by atomic mass is 16.6. The van der Waals surface area contributed by atoms with Crippen LogP contribution in [0.1, 0.15) is 0 Å². The second-order valence-electron chi connectivity index (χ2n) is 3.17. The number of benzene rings is 1. The van der Waals surface area contributed by atoms with E-state index in [1.54, 1.807) is 0 Å². The Hall–Kier alpha value is -2.26. The quantitative estimate of drug-likeness (QED) is 0.424. The van der Waals surface area contributed by atoms with Crippen molar-refractivity contribution in [2.24, 2.45) is 11.6 Å². The van der Waals surface area contributed by atoms with Crippen molar-refractivity contribution in [3.8, 4) is 0 Å². The third-order valence-corrected chi connectivity index (χ3v) is 2.05. The number of hydrazine groups is 1. The van der Waals surface area contributed by atoms with Crippen molar-refractivity contribution >= 4 is 17.1 Å². The number of hydrogen-bond acceptors (Lipinski definition) is 7. The lowest BCUT2D eigenvalue weighted by Gasteiger charge is -2.16. The SMILES string of the molecule is NCCN(N)c1ccc([N+](=O)[O-])cc1[N+](=O)[O-]. The van der Waals surface area contributed by atoms with Gasteiger partial charge >= 0.3 is 5.69 Å². The van der Waals surface area contributed by atoms with E-state index in [-0.39, 0.29) is 24.5 Å². The maximum atomic E-state index is 10.8. The first-order chi connectivity index (χ1) is 7.97. The van der Waals surface area contributed by atoms with Crippen molar-refractivity contribution in [1.82, 2.24) is 0 Å². The molecule has 0 heterocycles. The van der Waals surface area contributed by atoms with Crippen LogP contribution in [0, 0.1) is 20.2 Å². The van der Waals surface area contributed by atoms with E-state index in [0.29, 0.717) is 0 Å². The van der Waals surface area contributed by atoms with Crippen molar-refractivity contribution in [1.29, 1.82) is 0 Å². The number of hydrogen-bond donors (Lipinski definition) is 2. The van der Waals surface area contributed by atoms with Crippen molar-refractivity contribution in [2.75, 3.05) is 18.1 Å². The highest BCUT2D eigenvalue weighted by Gasteiger charge is 2.21. The van der Waals surface area contributed by atoms with E-state index in [0.717, 1.165) is 17.1 Å². The summed E-state index contributed by atoms with van der Waals surface area (Å²) in [7, 11) is 0. The predicted octanol–water partition coefficient (Wildman–Crippen LogP) is 0.142. The van der Waals surface area contributed by atoms with Crippen LogP contribution in [0.4, 0.5) is 17.1 Å². The molecule has 0 unspecified atom stereocenters. The zero-order chi connectivity index (χ0) is 13.0. The molecular weight excluding hydrogens is 230 g/mol. The third-order valence-electron chi connectivity index (χ3n) is 2.05. The number of nitro benzene ring substituents is 2. The van der Waals surface area contributed by atoms with Gasteiger partial charge in [-0.3, -0.25) is 20.2 Å².